The third-order valence-corrected chi connectivity index (χ3v) is 2.06. The van der Waals surface area contributed by atoms with Crippen molar-refractivity contribution in [3.63, 3.8) is 0 Å². The standard InChI is InChI=1S/C11H14F3N/c1-7(2)4-9-6-15-8(3)5-10(9)11(12,13)14/h5-7H,4H2,1-3H3. The van der Waals surface area contributed by atoms with Gasteiger partial charge in [0.25, 0.3) is 0 Å². The van der Waals surface area contributed by atoms with Gasteiger partial charge in [0.15, 0.2) is 0 Å². The van der Waals surface area contributed by atoms with Gasteiger partial charge in [-0.1, -0.05) is 13.8 Å². The summed E-state index contributed by atoms with van der Waals surface area (Å²) < 4.78 is 38.0. The first-order valence-electron chi connectivity index (χ1n) is 4.83. The quantitative estimate of drug-likeness (QED) is 0.737. The highest BCUT2D eigenvalue weighted by Gasteiger charge is 2.33. The lowest BCUT2D eigenvalue weighted by Gasteiger charge is -2.14. The van der Waals surface area contributed by atoms with Gasteiger partial charge in [0.2, 0.25) is 0 Å². The second-order valence-corrected chi connectivity index (χ2v) is 4.08. The molecule has 1 nitrogen and oxygen atoms in total. The maximum Gasteiger partial charge on any atom is 0.416 e. The summed E-state index contributed by atoms with van der Waals surface area (Å²) in [6.45, 7) is 5.34. The molecule has 0 aliphatic carbocycles. The average molecular weight is 217 g/mol. The minimum absolute atomic E-state index is 0.190. The van der Waals surface area contributed by atoms with Crippen LogP contribution in [0.2, 0.25) is 0 Å². The molecule has 0 saturated heterocycles. The molecule has 0 amide bonds. The molecule has 0 aliphatic rings. The summed E-state index contributed by atoms with van der Waals surface area (Å²) in [6.07, 6.45) is -2.54. The third kappa shape index (κ3) is 3.22. The molecule has 4 heteroatoms. The van der Waals surface area contributed by atoms with Crippen LogP contribution >= 0.6 is 0 Å². The van der Waals surface area contributed by atoms with E-state index in [-0.39, 0.29) is 11.5 Å². The van der Waals surface area contributed by atoms with Crippen LogP contribution in [0.4, 0.5) is 13.2 Å². The molecule has 0 atom stereocenters. The van der Waals surface area contributed by atoms with Gasteiger partial charge in [-0.2, -0.15) is 13.2 Å². The Morgan fingerprint density at radius 1 is 1.33 bits per heavy atom. The minimum atomic E-state index is -4.28. The Kier molecular flexibility index (Phi) is 3.37. The molecule has 1 aromatic heterocycles. The molecule has 84 valence electrons. The van der Waals surface area contributed by atoms with Gasteiger partial charge < -0.3 is 0 Å². The van der Waals surface area contributed by atoms with Crippen LogP contribution < -0.4 is 0 Å². The maximum atomic E-state index is 12.7. The Labute approximate surface area is 87.3 Å². The van der Waals surface area contributed by atoms with Gasteiger partial charge in [0.1, 0.15) is 0 Å². The smallest absolute Gasteiger partial charge is 0.261 e. The van der Waals surface area contributed by atoms with Crippen molar-refractivity contribution in [2.75, 3.05) is 0 Å². The van der Waals surface area contributed by atoms with Crippen LogP contribution in [0.5, 0.6) is 0 Å². The van der Waals surface area contributed by atoms with E-state index in [1.165, 1.54) is 6.20 Å². The van der Waals surface area contributed by atoms with E-state index >= 15 is 0 Å². The van der Waals surface area contributed by atoms with Crippen molar-refractivity contribution in [3.8, 4) is 0 Å². The Hall–Kier alpha value is -1.06. The average Bonchev–Trinajstić information content (AvgIpc) is 2.05. The minimum Gasteiger partial charge on any atom is -0.261 e. The van der Waals surface area contributed by atoms with Crippen LogP contribution in [0.3, 0.4) is 0 Å². The summed E-state index contributed by atoms with van der Waals surface area (Å²) >= 11 is 0. The van der Waals surface area contributed by atoms with Crippen LogP contribution in [0.1, 0.15) is 30.7 Å². The number of alkyl halides is 3. The molecule has 1 heterocycles. The van der Waals surface area contributed by atoms with E-state index in [4.69, 9.17) is 0 Å². The van der Waals surface area contributed by atoms with Crippen molar-refractivity contribution in [2.45, 2.75) is 33.4 Å². The fourth-order valence-corrected chi connectivity index (χ4v) is 1.45. The Balaban J connectivity index is 3.15. The van der Waals surface area contributed by atoms with Gasteiger partial charge in [-0.25, -0.2) is 0 Å². The van der Waals surface area contributed by atoms with E-state index < -0.39 is 11.7 Å². The highest BCUT2D eigenvalue weighted by Crippen LogP contribution is 2.32. The summed E-state index contributed by atoms with van der Waals surface area (Å²) in [7, 11) is 0. The zero-order valence-electron chi connectivity index (χ0n) is 9.02. The van der Waals surface area contributed by atoms with Crippen molar-refractivity contribution in [1.82, 2.24) is 4.98 Å². The normalized spacial score (nSPS) is 12.2. The number of halogens is 3. The first kappa shape index (κ1) is 12.0. The molecular formula is C11H14F3N. The Bertz CT molecular complexity index is 342. The predicted octanol–water partition coefficient (Wildman–Crippen LogP) is 3.61. The lowest BCUT2D eigenvalue weighted by atomic mass is 9.99. The van der Waals surface area contributed by atoms with Crippen molar-refractivity contribution < 1.29 is 13.2 Å². The summed E-state index contributed by atoms with van der Waals surface area (Å²) in [6, 6.07) is 1.11. The fraction of sp³-hybridized carbons (Fsp3) is 0.545. The molecule has 0 aliphatic heterocycles. The molecule has 1 rings (SSSR count). The molecule has 0 N–H and O–H groups in total. The Morgan fingerprint density at radius 2 is 1.93 bits per heavy atom. The molecule has 15 heavy (non-hydrogen) atoms. The van der Waals surface area contributed by atoms with Gasteiger partial charge in [0.05, 0.1) is 5.56 Å². The second kappa shape index (κ2) is 4.21. The van der Waals surface area contributed by atoms with Crippen molar-refractivity contribution >= 4 is 0 Å². The lowest BCUT2D eigenvalue weighted by molar-refractivity contribution is -0.138. The molecule has 0 aromatic carbocycles. The van der Waals surface area contributed by atoms with Crippen LogP contribution in [0, 0.1) is 12.8 Å². The van der Waals surface area contributed by atoms with E-state index in [9.17, 15) is 13.2 Å². The zero-order chi connectivity index (χ0) is 11.6. The van der Waals surface area contributed by atoms with Crippen LogP contribution in [0.15, 0.2) is 12.3 Å². The number of hydrogen-bond donors (Lipinski definition) is 0. The summed E-state index contributed by atoms with van der Waals surface area (Å²) in [5.74, 6) is 0.190. The lowest BCUT2D eigenvalue weighted by Crippen LogP contribution is -2.12. The predicted molar refractivity (Wildman–Crippen MR) is 52.5 cm³/mol. The number of aromatic nitrogens is 1. The zero-order valence-corrected chi connectivity index (χ0v) is 9.02. The first-order valence-corrected chi connectivity index (χ1v) is 4.83. The van der Waals surface area contributed by atoms with E-state index in [1.807, 2.05) is 13.8 Å². The van der Waals surface area contributed by atoms with Crippen molar-refractivity contribution in [3.05, 3.63) is 29.1 Å². The van der Waals surface area contributed by atoms with Crippen molar-refractivity contribution in [1.29, 1.82) is 0 Å². The maximum absolute atomic E-state index is 12.7. The molecule has 0 unspecified atom stereocenters. The van der Waals surface area contributed by atoms with Crippen LogP contribution in [-0.2, 0) is 12.6 Å². The highest BCUT2D eigenvalue weighted by molar-refractivity contribution is 5.29. The monoisotopic (exact) mass is 217 g/mol. The highest BCUT2D eigenvalue weighted by atomic mass is 19.4. The number of hydrogen-bond acceptors (Lipinski definition) is 1. The fourth-order valence-electron chi connectivity index (χ4n) is 1.45. The number of rotatable bonds is 2. The van der Waals surface area contributed by atoms with E-state index in [2.05, 4.69) is 4.98 Å². The molecule has 1 aromatic rings. The van der Waals surface area contributed by atoms with Gasteiger partial charge >= 0.3 is 6.18 Å². The third-order valence-electron chi connectivity index (χ3n) is 2.06. The largest absolute Gasteiger partial charge is 0.416 e. The molecule has 0 radical (unpaired) electrons. The molecule has 0 spiro atoms. The molecule has 0 bridgehead atoms. The van der Waals surface area contributed by atoms with Gasteiger partial charge in [-0.05, 0) is 30.9 Å². The summed E-state index contributed by atoms with van der Waals surface area (Å²) in [4.78, 5) is 3.91. The number of aryl methyl sites for hydroxylation is 1. The second-order valence-electron chi connectivity index (χ2n) is 4.08. The topological polar surface area (TPSA) is 12.9 Å². The van der Waals surface area contributed by atoms with Gasteiger partial charge in [-0.15, -0.1) is 0 Å². The van der Waals surface area contributed by atoms with E-state index in [0.717, 1.165) is 6.07 Å². The molecule has 0 saturated carbocycles. The van der Waals surface area contributed by atoms with Crippen LogP contribution in [0.25, 0.3) is 0 Å². The molecule has 0 fully saturated rings. The van der Waals surface area contributed by atoms with Gasteiger partial charge in [-0.3, -0.25) is 4.98 Å². The number of pyridine rings is 1. The SMILES string of the molecule is Cc1cc(C(F)(F)F)c(CC(C)C)cn1. The van der Waals surface area contributed by atoms with Crippen molar-refractivity contribution in [2.24, 2.45) is 5.92 Å². The van der Waals surface area contributed by atoms with E-state index in [0.29, 0.717) is 12.1 Å². The number of nitrogens with zero attached hydrogens (tertiary/aromatic N) is 1. The Morgan fingerprint density at radius 3 is 2.40 bits per heavy atom. The van der Waals surface area contributed by atoms with E-state index in [1.54, 1.807) is 6.92 Å². The summed E-state index contributed by atoms with van der Waals surface area (Å²) in [5, 5.41) is 0. The summed E-state index contributed by atoms with van der Waals surface area (Å²) in [5.41, 5.74) is 0.127. The molecular weight excluding hydrogens is 203 g/mol. The van der Waals surface area contributed by atoms with Crippen LogP contribution in [-0.4, -0.2) is 4.98 Å². The van der Waals surface area contributed by atoms with Gasteiger partial charge in [0, 0.05) is 11.9 Å². The first-order chi connectivity index (χ1) is 6.80.